The van der Waals surface area contributed by atoms with E-state index in [9.17, 15) is 15.5 Å². The lowest BCUT2D eigenvalue weighted by Gasteiger charge is -2.17. The van der Waals surface area contributed by atoms with E-state index in [1.54, 1.807) is 0 Å². The predicted octanol–water partition coefficient (Wildman–Crippen LogP) is -2.49. The van der Waals surface area contributed by atoms with Crippen molar-refractivity contribution in [3.8, 4) is 6.07 Å². The molecular formula is C12H14N6O4. The topological polar surface area (TPSA) is 166 Å². The number of nitrogens with zero attached hydrogens (tertiary/aromatic N) is 4. The zero-order valence-corrected chi connectivity index (χ0v) is 11.3. The molecule has 3 rings (SSSR count). The van der Waals surface area contributed by atoms with Crippen LogP contribution in [0.1, 0.15) is 11.8 Å². The number of ether oxygens (including phenoxy) is 1. The maximum absolute atomic E-state index is 10.1. The van der Waals surface area contributed by atoms with Gasteiger partial charge in [0.05, 0.1) is 17.6 Å². The van der Waals surface area contributed by atoms with Crippen LogP contribution < -0.4 is 11.3 Å². The summed E-state index contributed by atoms with van der Waals surface area (Å²) in [6.07, 6.45) is -1.98. The molecule has 1 aliphatic heterocycles. The Labute approximate surface area is 123 Å². The van der Waals surface area contributed by atoms with Crippen LogP contribution in [0.2, 0.25) is 0 Å². The zero-order valence-electron chi connectivity index (χ0n) is 11.3. The van der Waals surface area contributed by atoms with E-state index in [1.807, 2.05) is 6.07 Å². The number of hydrogen-bond donors (Lipinski definition) is 5. The summed E-state index contributed by atoms with van der Waals surface area (Å²) in [6.45, 7) is -0.459. The van der Waals surface area contributed by atoms with Gasteiger partial charge < -0.3 is 30.5 Å². The van der Waals surface area contributed by atoms with E-state index in [2.05, 4.69) is 4.98 Å². The number of aliphatic hydroxyl groups is 3. The van der Waals surface area contributed by atoms with Crippen LogP contribution in [0.25, 0.3) is 11.0 Å². The summed E-state index contributed by atoms with van der Waals surface area (Å²) in [7, 11) is 0. The molecule has 0 unspecified atom stereocenters. The number of nitrogens with one attached hydrogen (secondary N) is 1. The van der Waals surface area contributed by atoms with Gasteiger partial charge >= 0.3 is 0 Å². The average molecular weight is 306 g/mol. The molecule has 0 aliphatic carbocycles. The number of rotatable bonds is 2. The summed E-state index contributed by atoms with van der Waals surface area (Å²) >= 11 is 0. The molecule has 0 amide bonds. The molecule has 0 saturated carbocycles. The molecule has 116 valence electrons. The Hall–Kier alpha value is -2.45. The highest BCUT2D eigenvalue weighted by atomic mass is 16.6. The van der Waals surface area contributed by atoms with Crippen molar-refractivity contribution < 1.29 is 20.1 Å². The molecule has 0 aromatic carbocycles. The number of nitriles is 1. The maximum Gasteiger partial charge on any atom is 0.164 e. The van der Waals surface area contributed by atoms with Crippen molar-refractivity contribution in [1.82, 2.24) is 14.2 Å². The van der Waals surface area contributed by atoms with Gasteiger partial charge in [-0.25, -0.2) is 9.66 Å². The Morgan fingerprint density at radius 1 is 1.45 bits per heavy atom. The normalized spacial score (nSPS) is 28.1. The molecule has 4 atom stereocenters. The number of hydrogen-bond acceptors (Lipinski definition) is 8. The van der Waals surface area contributed by atoms with Gasteiger partial charge in [0.25, 0.3) is 0 Å². The lowest BCUT2D eigenvalue weighted by Crippen LogP contribution is -2.33. The summed E-state index contributed by atoms with van der Waals surface area (Å²) in [5.74, 6) is 5.56. The van der Waals surface area contributed by atoms with Crippen molar-refractivity contribution in [2.45, 2.75) is 24.5 Å². The van der Waals surface area contributed by atoms with E-state index < -0.39 is 31.1 Å². The molecule has 1 fully saturated rings. The fourth-order valence-corrected chi connectivity index (χ4v) is 2.57. The lowest BCUT2D eigenvalue weighted by atomic mass is 10.1. The third kappa shape index (κ3) is 1.88. The smallest absolute Gasteiger partial charge is 0.164 e. The summed E-state index contributed by atoms with van der Waals surface area (Å²) < 4.78 is 7.74. The molecule has 10 heteroatoms. The molecule has 6 N–H and O–H groups in total. The first kappa shape index (κ1) is 14.5. The van der Waals surface area contributed by atoms with Crippen LogP contribution in [-0.2, 0) is 4.74 Å². The molecule has 10 nitrogen and oxygen atoms in total. The van der Waals surface area contributed by atoms with Crippen molar-refractivity contribution in [2.24, 2.45) is 0 Å². The van der Waals surface area contributed by atoms with E-state index in [0.717, 1.165) is 4.68 Å². The highest BCUT2D eigenvalue weighted by Crippen LogP contribution is 2.32. The number of aromatic nitrogens is 3. The van der Waals surface area contributed by atoms with Crippen molar-refractivity contribution in [3.63, 3.8) is 0 Å². The van der Waals surface area contributed by atoms with Gasteiger partial charge in [-0.15, -0.1) is 0 Å². The highest BCUT2D eigenvalue weighted by molar-refractivity contribution is 5.82. The second kappa shape index (κ2) is 5.08. The summed E-state index contributed by atoms with van der Waals surface area (Å²) in [5, 5.41) is 46.4. The van der Waals surface area contributed by atoms with Crippen molar-refractivity contribution in [1.29, 1.82) is 10.7 Å². The number of fused-ring (bicyclic) bond motifs is 1. The van der Waals surface area contributed by atoms with Gasteiger partial charge in [0.2, 0.25) is 0 Å². The minimum absolute atomic E-state index is 0.118. The van der Waals surface area contributed by atoms with Crippen molar-refractivity contribution >= 4 is 11.0 Å². The number of nitrogens with two attached hydrogens (primary N) is 1. The van der Waals surface area contributed by atoms with Crippen LogP contribution in [-0.4, -0.2) is 54.5 Å². The minimum Gasteiger partial charge on any atom is -0.394 e. The van der Waals surface area contributed by atoms with E-state index >= 15 is 0 Å². The van der Waals surface area contributed by atoms with Gasteiger partial charge in [-0.3, -0.25) is 5.41 Å². The maximum atomic E-state index is 10.1. The first-order chi connectivity index (χ1) is 10.5. The fourth-order valence-electron chi connectivity index (χ4n) is 2.57. The average Bonchev–Trinajstić information content (AvgIpc) is 3.02. The van der Waals surface area contributed by atoms with Crippen molar-refractivity contribution in [2.75, 3.05) is 12.4 Å². The van der Waals surface area contributed by atoms with Gasteiger partial charge in [-0.2, -0.15) is 5.26 Å². The standard InChI is InChI=1S/C12H14N6O4/c13-1-5-2-17(11-7(5)10(14)18(15)4-16-11)12-9(21)8(20)6(3-19)22-12/h2,4,6,8-9,12,14,19-21H,3,15H2/t6-,8-,9-,12-/m1/s1. The minimum atomic E-state index is -1.31. The van der Waals surface area contributed by atoms with Crippen molar-refractivity contribution in [3.05, 3.63) is 23.6 Å². The van der Waals surface area contributed by atoms with Gasteiger partial charge in [-0.1, -0.05) is 0 Å². The van der Waals surface area contributed by atoms with Crippen LogP contribution in [0.15, 0.2) is 12.5 Å². The quantitative estimate of drug-likeness (QED) is 0.383. The second-order valence-electron chi connectivity index (χ2n) is 4.99. The first-order valence-electron chi connectivity index (χ1n) is 6.44. The lowest BCUT2D eigenvalue weighted by molar-refractivity contribution is -0.0508. The van der Waals surface area contributed by atoms with Crippen LogP contribution in [0, 0.1) is 16.7 Å². The van der Waals surface area contributed by atoms with Crippen LogP contribution in [0.4, 0.5) is 0 Å². The Morgan fingerprint density at radius 2 is 2.18 bits per heavy atom. The van der Waals surface area contributed by atoms with E-state index in [-0.39, 0.29) is 22.1 Å². The molecular weight excluding hydrogens is 292 g/mol. The van der Waals surface area contributed by atoms with Gasteiger partial charge in [0, 0.05) is 6.20 Å². The first-order valence-corrected chi connectivity index (χ1v) is 6.44. The largest absolute Gasteiger partial charge is 0.394 e. The van der Waals surface area contributed by atoms with E-state index in [1.165, 1.54) is 17.1 Å². The Kier molecular flexibility index (Phi) is 3.34. The van der Waals surface area contributed by atoms with E-state index in [4.69, 9.17) is 21.1 Å². The van der Waals surface area contributed by atoms with Crippen LogP contribution in [0.3, 0.4) is 0 Å². The van der Waals surface area contributed by atoms with Crippen LogP contribution in [0.5, 0.6) is 0 Å². The predicted molar refractivity (Wildman–Crippen MR) is 71.5 cm³/mol. The molecule has 0 radical (unpaired) electrons. The molecule has 1 aliphatic rings. The second-order valence-corrected chi connectivity index (χ2v) is 4.99. The monoisotopic (exact) mass is 306 g/mol. The summed E-state index contributed by atoms with van der Waals surface area (Å²) in [5.41, 5.74) is 0.246. The summed E-state index contributed by atoms with van der Waals surface area (Å²) in [6, 6.07) is 1.93. The molecule has 1 saturated heterocycles. The fraction of sp³-hybridized carbons (Fsp3) is 0.417. The number of aliphatic hydroxyl groups excluding tert-OH is 3. The highest BCUT2D eigenvalue weighted by Gasteiger charge is 2.44. The molecule has 3 heterocycles. The number of nitrogen functional groups attached to an aromatic ring is 1. The van der Waals surface area contributed by atoms with Crippen LogP contribution >= 0.6 is 0 Å². The molecule has 2 aromatic rings. The third-order valence-electron chi connectivity index (χ3n) is 3.72. The molecule has 22 heavy (non-hydrogen) atoms. The third-order valence-corrected chi connectivity index (χ3v) is 3.72. The van der Waals surface area contributed by atoms with Gasteiger partial charge in [0.15, 0.2) is 11.7 Å². The Bertz CT molecular complexity index is 821. The molecule has 0 spiro atoms. The Balaban J connectivity index is 2.19. The molecule has 0 bridgehead atoms. The summed E-state index contributed by atoms with van der Waals surface area (Å²) in [4.78, 5) is 4.06. The molecule has 2 aromatic heterocycles. The van der Waals surface area contributed by atoms with Gasteiger partial charge in [0.1, 0.15) is 36.4 Å². The van der Waals surface area contributed by atoms with Gasteiger partial charge in [-0.05, 0) is 0 Å². The SMILES string of the molecule is N#Cc1cn([C@@H]2O[C@H](CO)[C@@H](O)[C@H]2O)c2ncn(N)c(=N)c12. The Morgan fingerprint density at radius 3 is 2.77 bits per heavy atom. The van der Waals surface area contributed by atoms with E-state index in [0.29, 0.717) is 0 Å². The zero-order chi connectivity index (χ0) is 16.0.